The van der Waals surface area contributed by atoms with Crippen LogP contribution in [0.3, 0.4) is 0 Å². The molecule has 1 aromatic rings. The summed E-state index contributed by atoms with van der Waals surface area (Å²) >= 11 is 1.81. The van der Waals surface area contributed by atoms with Gasteiger partial charge < -0.3 is 0 Å². The summed E-state index contributed by atoms with van der Waals surface area (Å²) in [4.78, 5) is 60.8. The van der Waals surface area contributed by atoms with E-state index in [0.29, 0.717) is 0 Å². The molecule has 9 nitrogen and oxygen atoms in total. The Labute approximate surface area is 174 Å². The van der Waals surface area contributed by atoms with Crippen LogP contribution in [0.15, 0.2) is 24.3 Å². The van der Waals surface area contributed by atoms with E-state index in [9.17, 15) is 24.0 Å². The fourth-order valence-corrected chi connectivity index (χ4v) is 4.94. The van der Waals surface area contributed by atoms with Gasteiger partial charge in [-0.2, -0.15) is 0 Å². The molecule has 2 atom stereocenters. The summed E-state index contributed by atoms with van der Waals surface area (Å²) in [6.45, 7) is 0. The van der Waals surface area contributed by atoms with Gasteiger partial charge in [0.05, 0.1) is 0 Å². The van der Waals surface area contributed by atoms with E-state index >= 15 is 0 Å². The van der Waals surface area contributed by atoms with E-state index in [1.165, 1.54) is 12.1 Å². The Hall–Kier alpha value is -2.03. The van der Waals surface area contributed by atoms with Crippen molar-refractivity contribution in [2.24, 2.45) is 0 Å². The van der Waals surface area contributed by atoms with Crippen LogP contribution in [0.4, 0.5) is 0 Å². The Bertz CT molecular complexity index is 779. The second kappa shape index (κ2) is 9.95. The van der Waals surface area contributed by atoms with E-state index in [-0.39, 0.29) is 34.7 Å². The summed E-state index contributed by atoms with van der Waals surface area (Å²) in [6.07, 6.45) is -0.569. The number of fused-ring (bicyclic) bond motifs is 1. The Balaban J connectivity index is 2.15. The summed E-state index contributed by atoms with van der Waals surface area (Å²) in [5.74, 6) is -3.46. The number of hydrogen-bond donors (Lipinski definition) is 3. The molecule has 3 N–H and O–H groups in total. The topological polar surface area (TPSA) is 141 Å². The number of amides is 2. The summed E-state index contributed by atoms with van der Waals surface area (Å²) in [6, 6.07) is 4.12. The van der Waals surface area contributed by atoms with Gasteiger partial charge in [0.15, 0.2) is 0 Å². The van der Waals surface area contributed by atoms with Crippen molar-refractivity contribution in [3.8, 4) is 0 Å². The van der Waals surface area contributed by atoms with E-state index in [0.717, 1.165) is 4.90 Å². The third-order valence-corrected chi connectivity index (χ3v) is 6.57. The van der Waals surface area contributed by atoms with Gasteiger partial charge in [0.2, 0.25) is 0 Å². The van der Waals surface area contributed by atoms with Gasteiger partial charge in [-0.3, -0.25) is 0 Å². The zero-order valence-corrected chi connectivity index (χ0v) is 17.9. The van der Waals surface area contributed by atoms with Crippen molar-refractivity contribution < 1.29 is 34.2 Å². The third-order valence-electron chi connectivity index (χ3n) is 4.05. The number of rotatable bonds is 11. The molecule has 0 bridgehead atoms. The quantitative estimate of drug-likeness (QED) is 0.259. The summed E-state index contributed by atoms with van der Waals surface area (Å²) < 4.78 is -0.444. The molecule has 1 radical (unpaired) electrons. The average Bonchev–Trinajstić information content (AvgIpc) is 2.90. The van der Waals surface area contributed by atoms with Crippen LogP contribution in [0, 0.1) is 0 Å². The number of carbonyl (C=O) groups is 5. The predicted molar refractivity (Wildman–Crippen MR) is 98.3 cm³/mol. The Morgan fingerprint density at radius 1 is 1.11 bits per heavy atom. The number of carboxylic acids is 2. The van der Waals surface area contributed by atoms with Crippen LogP contribution >= 0.6 is 0 Å². The van der Waals surface area contributed by atoms with Crippen LogP contribution in [0.5, 0.6) is 0 Å². The standard InChI is InChI=1S/C17H17N2O7Se2/c20-13(21)6-5-12(17(26)28-8-18-11(7-27)16(24)25)19-14(22)9-3-1-2-4-10(9)15(19)23/h1-4,11-12,18H,5-8H2,(H,20,21)(H,24,25)/t11-,12-/m0/s1. The van der Waals surface area contributed by atoms with Crippen molar-refractivity contribution in [3.63, 3.8) is 0 Å². The van der Waals surface area contributed by atoms with Crippen molar-refractivity contribution in [3.05, 3.63) is 35.4 Å². The number of hydrogen-bond acceptors (Lipinski definition) is 6. The first kappa shape index (κ1) is 22.3. The van der Waals surface area contributed by atoms with Gasteiger partial charge in [0.25, 0.3) is 0 Å². The van der Waals surface area contributed by atoms with Crippen LogP contribution in [-0.4, -0.2) is 92.0 Å². The van der Waals surface area contributed by atoms with Crippen LogP contribution in [0.1, 0.15) is 33.6 Å². The second-order valence-corrected chi connectivity index (χ2v) is 8.60. The molecule has 2 rings (SSSR count). The van der Waals surface area contributed by atoms with E-state index in [4.69, 9.17) is 10.2 Å². The first-order valence-electron chi connectivity index (χ1n) is 8.17. The SMILES string of the molecule is O=C(O)CC[C@@H](C(=O)[Se]CN[C@@H](C[Se])C(=O)O)N1C(=O)c2ccccc2C1=O. The fraction of sp³-hybridized carbons (Fsp3) is 0.353. The van der Waals surface area contributed by atoms with Crippen molar-refractivity contribution in [2.75, 3.05) is 5.44 Å². The first-order valence-corrected chi connectivity index (χ1v) is 11.5. The molecular weight excluding hydrogens is 502 g/mol. The molecule has 149 valence electrons. The maximum atomic E-state index is 12.7. The number of nitrogens with zero attached hydrogens (tertiary/aromatic N) is 1. The summed E-state index contributed by atoms with van der Waals surface area (Å²) in [5, 5.41) is 20.9. The van der Waals surface area contributed by atoms with Gasteiger partial charge in [0.1, 0.15) is 0 Å². The average molecular weight is 519 g/mol. The molecule has 0 spiro atoms. The molecule has 0 aliphatic carbocycles. The molecule has 0 aromatic heterocycles. The number of benzene rings is 1. The molecule has 1 heterocycles. The first-order chi connectivity index (χ1) is 13.3. The van der Waals surface area contributed by atoms with Gasteiger partial charge in [0, 0.05) is 0 Å². The summed E-state index contributed by atoms with van der Waals surface area (Å²) in [7, 11) is 0. The van der Waals surface area contributed by atoms with Gasteiger partial charge in [-0.25, -0.2) is 0 Å². The van der Waals surface area contributed by atoms with E-state index < -0.39 is 55.5 Å². The minimum absolute atomic E-state index is 0.0806. The Morgan fingerprint density at radius 3 is 2.14 bits per heavy atom. The molecular formula is C17H17N2O7Se2. The molecule has 0 saturated heterocycles. The third kappa shape index (κ3) is 5.06. The molecule has 1 aliphatic rings. The van der Waals surface area contributed by atoms with Crippen molar-refractivity contribution in [1.82, 2.24) is 10.2 Å². The Kier molecular flexibility index (Phi) is 7.91. The number of imide groups is 1. The molecule has 0 unspecified atom stereocenters. The van der Waals surface area contributed by atoms with E-state index in [1.807, 2.05) is 0 Å². The molecule has 1 aliphatic heterocycles. The molecule has 0 saturated carbocycles. The number of nitrogens with one attached hydrogen (secondary N) is 1. The van der Waals surface area contributed by atoms with Crippen LogP contribution in [0.2, 0.25) is 5.32 Å². The molecule has 11 heteroatoms. The molecule has 28 heavy (non-hydrogen) atoms. The molecule has 1 aromatic carbocycles. The molecule has 0 fully saturated rings. The normalized spacial score (nSPS) is 15.2. The van der Waals surface area contributed by atoms with Crippen LogP contribution < -0.4 is 5.32 Å². The number of aliphatic carboxylic acids is 2. The monoisotopic (exact) mass is 521 g/mol. The zero-order chi connectivity index (χ0) is 20.8. The van der Waals surface area contributed by atoms with Gasteiger partial charge in [-0.15, -0.1) is 0 Å². The Morgan fingerprint density at radius 2 is 1.68 bits per heavy atom. The fourth-order valence-electron chi connectivity index (χ4n) is 2.63. The van der Waals surface area contributed by atoms with Crippen molar-refractivity contribution in [1.29, 1.82) is 0 Å². The van der Waals surface area contributed by atoms with Gasteiger partial charge in [-0.1, -0.05) is 0 Å². The van der Waals surface area contributed by atoms with Crippen molar-refractivity contribution >= 4 is 59.4 Å². The van der Waals surface area contributed by atoms with E-state index in [1.54, 1.807) is 12.1 Å². The van der Waals surface area contributed by atoms with Crippen molar-refractivity contribution in [2.45, 2.75) is 30.2 Å². The summed E-state index contributed by atoms with van der Waals surface area (Å²) in [5.41, 5.74) is 0.439. The number of carbonyl (C=O) groups excluding carboxylic acids is 3. The minimum atomic E-state index is -1.19. The van der Waals surface area contributed by atoms with Gasteiger partial charge >= 0.3 is 175 Å². The zero-order valence-electron chi connectivity index (χ0n) is 14.5. The van der Waals surface area contributed by atoms with Gasteiger partial charge in [-0.05, 0) is 0 Å². The number of carboxylic acid groups (broad SMARTS) is 2. The predicted octanol–water partition coefficient (Wildman–Crippen LogP) is -0.666. The van der Waals surface area contributed by atoms with Crippen LogP contribution in [-0.2, 0) is 14.4 Å². The maximum absolute atomic E-state index is 12.7. The van der Waals surface area contributed by atoms with Crippen LogP contribution in [0.25, 0.3) is 0 Å². The van der Waals surface area contributed by atoms with E-state index in [2.05, 4.69) is 21.3 Å². The molecule has 2 amide bonds. The second-order valence-electron chi connectivity index (χ2n) is 5.84.